The van der Waals surface area contributed by atoms with E-state index in [2.05, 4.69) is 1.96 Å². The van der Waals surface area contributed by atoms with Crippen LogP contribution in [0.4, 0.5) is 5.69 Å². The number of nitrogens with two attached hydrogens (primary N) is 2. The molecule has 1 amide bonds. The summed E-state index contributed by atoms with van der Waals surface area (Å²) in [5.74, 6) is -0.713. The zero-order chi connectivity index (χ0) is 11.4. The van der Waals surface area contributed by atoms with Gasteiger partial charge in [0, 0.05) is 0 Å². The minimum atomic E-state index is -0.981. The molecular weight excluding hydrogens is 410 g/mol. The second-order valence-corrected chi connectivity index (χ2v) is 8.88. The average molecular weight is 422 g/mol. The SMILES string of the molecule is [CH3][Ra][CH2]Oc1ccc(N)c(O)c1C(N)=O. The molecule has 1 aromatic rings. The fourth-order valence-corrected chi connectivity index (χ4v) is 2.90. The fourth-order valence-electron chi connectivity index (χ4n) is 1.16. The van der Waals surface area contributed by atoms with Crippen LogP contribution < -0.4 is 16.2 Å². The second-order valence-electron chi connectivity index (χ2n) is 3.09. The van der Waals surface area contributed by atoms with Gasteiger partial charge in [-0.25, -0.2) is 0 Å². The Bertz CT molecular complexity index is 382. The van der Waals surface area contributed by atoms with Crippen molar-refractivity contribution in [2.75, 3.05) is 7.38 Å². The summed E-state index contributed by atoms with van der Waals surface area (Å²) in [6.45, 7) is 0. The Morgan fingerprint density at radius 1 is 1.60 bits per heavy atom. The Hall–Kier alpha value is -0.442. The molecule has 0 aromatic heterocycles. The number of amides is 1. The van der Waals surface area contributed by atoms with Gasteiger partial charge in [0.1, 0.15) is 0 Å². The van der Waals surface area contributed by atoms with Gasteiger partial charge in [0.2, 0.25) is 0 Å². The van der Waals surface area contributed by atoms with Gasteiger partial charge in [0.05, 0.1) is 0 Å². The van der Waals surface area contributed by atoms with Crippen LogP contribution in [0.5, 0.6) is 11.5 Å². The van der Waals surface area contributed by atoms with E-state index in [4.69, 9.17) is 16.2 Å². The van der Waals surface area contributed by atoms with Crippen LogP contribution in [0.3, 0.4) is 0 Å². The predicted molar refractivity (Wildman–Crippen MR) is 52.4 cm³/mol. The summed E-state index contributed by atoms with van der Waals surface area (Å²) >= 11 is -0.981. The van der Waals surface area contributed by atoms with E-state index in [1.165, 1.54) is 6.07 Å². The molecule has 0 fully saturated rings. The topological polar surface area (TPSA) is 98.6 Å². The molecule has 0 saturated heterocycles. The third-order valence-electron chi connectivity index (χ3n) is 1.88. The number of nitrogen functional groups attached to an aromatic ring is 1. The molecule has 15 heavy (non-hydrogen) atoms. The summed E-state index contributed by atoms with van der Waals surface area (Å²) in [5, 5.41) is 9.56. The molecule has 0 spiro atoms. The van der Waals surface area contributed by atoms with Crippen molar-refractivity contribution in [1.29, 1.82) is 0 Å². The van der Waals surface area contributed by atoms with Crippen molar-refractivity contribution in [1.82, 2.24) is 0 Å². The Kier molecular flexibility index (Phi) is 4.70. The average Bonchev–Trinajstić information content (AvgIpc) is 2.19. The van der Waals surface area contributed by atoms with Crippen molar-refractivity contribution >= 4 is 11.6 Å². The van der Waals surface area contributed by atoms with Gasteiger partial charge in [-0.3, -0.25) is 0 Å². The van der Waals surface area contributed by atoms with Gasteiger partial charge in [-0.1, -0.05) is 0 Å². The molecule has 0 saturated carbocycles. The summed E-state index contributed by atoms with van der Waals surface area (Å²) in [7, 11) is 0. The number of carbonyl (C=O) groups is 1. The molecule has 0 radical (unpaired) electrons. The van der Waals surface area contributed by atoms with E-state index in [0.717, 1.165) is 0 Å². The number of carbonyl (C=O) groups excluding carboxylic acids is 1. The maximum atomic E-state index is 11.1. The molecule has 0 aliphatic heterocycles. The van der Waals surface area contributed by atoms with E-state index < -0.39 is 46.5 Å². The van der Waals surface area contributed by atoms with Crippen molar-refractivity contribution in [3.05, 3.63) is 17.7 Å². The standard InChI is InChI=1S/C8H9N2O3.CH3.Ra/c1-13-5-3-2-4(9)7(11)6(5)8(10)12;;/h2-3,11H,1,9H2,(H2,10,12);1H3;. The maximum absolute atomic E-state index is 11.1. The Labute approximate surface area is 110 Å². The van der Waals surface area contributed by atoms with Crippen molar-refractivity contribution in [3.8, 4) is 11.5 Å². The molecule has 0 atom stereocenters. The fraction of sp³-hybridized carbons (Fsp3) is 0.222. The van der Waals surface area contributed by atoms with Crippen molar-refractivity contribution in [2.45, 2.75) is 1.96 Å². The normalized spacial score (nSPS) is 9.40. The molecule has 78 valence electrons. The summed E-state index contributed by atoms with van der Waals surface area (Å²) in [4.78, 5) is 11.1. The van der Waals surface area contributed by atoms with Gasteiger partial charge < -0.3 is 0 Å². The molecule has 0 aliphatic carbocycles. The molecule has 0 aliphatic rings. The Morgan fingerprint density at radius 3 is 2.80 bits per heavy atom. The van der Waals surface area contributed by atoms with Crippen molar-refractivity contribution in [3.63, 3.8) is 0 Å². The van der Waals surface area contributed by atoms with Crippen LogP contribution in [-0.4, -0.2) is 12.7 Å². The second kappa shape index (κ2) is 5.59. The van der Waals surface area contributed by atoms with Gasteiger partial charge in [0.15, 0.2) is 0 Å². The summed E-state index contributed by atoms with van der Waals surface area (Å²) in [5.41, 5.74) is 10.7. The number of phenols is 1. The molecule has 0 bridgehead atoms. The minimum absolute atomic E-state index is 0.0295. The summed E-state index contributed by atoms with van der Waals surface area (Å²) < 4.78 is 8.21. The zero-order valence-corrected chi connectivity index (χ0v) is 14.3. The van der Waals surface area contributed by atoms with Gasteiger partial charge in [-0.2, -0.15) is 0 Å². The number of ether oxygens (including phenoxy) is 1. The number of aromatic hydroxyl groups is 1. The first-order chi connectivity index (χ1) is 7.07. The van der Waals surface area contributed by atoms with Crippen LogP contribution in [0, 0.1) is 40.6 Å². The van der Waals surface area contributed by atoms with E-state index in [-0.39, 0.29) is 17.0 Å². The molecular formula is C9H12N2O3Ra. The van der Waals surface area contributed by atoms with Crippen LogP contribution >= 0.6 is 0 Å². The molecule has 5 N–H and O–H groups in total. The Morgan fingerprint density at radius 2 is 2.27 bits per heavy atom. The summed E-state index contributed by atoms with van der Waals surface area (Å²) in [6.07, 6.45) is 0. The molecule has 1 aromatic carbocycles. The van der Waals surface area contributed by atoms with Crippen molar-refractivity contribution < 1.29 is 55.2 Å². The molecule has 6 heteroatoms. The van der Waals surface area contributed by atoms with E-state index in [0.29, 0.717) is 7.40 Å². The van der Waals surface area contributed by atoms with Crippen LogP contribution in [-0.2, 0) is 0 Å². The van der Waals surface area contributed by atoms with Gasteiger partial charge >= 0.3 is 111 Å². The first-order valence-corrected chi connectivity index (χ1v) is 14.5. The number of rotatable bonds is 4. The predicted octanol–water partition coefficient (Wildman–Crippen LogP) is 0.543. The zero-order valence-electron chi connectivity index (χ0n) is 8.49. The van der Waals surface area contributed by atoms with Crippen LogP contribution in [0.1, 0.15) is 10.4 Å². The van der Waals surface area contributed by atoms with Crippen LogP contribution in [0.15, 0.2) is 12.1 Å². The van der Waals surface area contributed by atoms with Gasteiger partial charge in [-0.05, 0) is 0 Å². The van der Waals surface area contributed by atoms with Gasteiger partial charge in [0.25, 0.3) is 0 Å². The quantitative estimate of drug-likeness (QED) is 0.488. The number of hydrogen-bond acceptors (Lipinski definition) is 4. The number of hydrogen-bond donors (Lipinski definition) is 3. The first kappa shape index (κ1) is 12.6. The molecule has 5 nitrogen and oxygen atoms in total. The summed E-state index contributed by atoms with van der Waals surface area (Å²) in [6, 6.07) is 3.05. The molecule has 0 heterocycles. The third kappa shape index (κ3) is 3.00. The van der Waals surface area contributed by atoms with E-state index >= 15 is 0 Å². The van der Waals surface area contributed by atoms with E-state index in [9.17, 15) is 9.90 Å². The van der Waals surface area contributed by atoms with Crippen LogP contribution in [0.2, 0.25) is 1.96 Å². The van der Waals surface area contributed by atoms with E-state index in [1.54, 1.807) is 6.07 Å². The van der Waals surface area contributed by atoms with Gasteiger partial charge in [-0.15, -0.1) is 0 Å². The molecule has 0 unspecified atom stereocenters. The van der Waals surface area contributed by atoms with Crippen LogP contribution in [0.25, 0.3) is 0 Å². The molecule has 1 rings (SSSR count). The first-order valence-electron chi connectivity index (χ1n) is 4.62. The number of anilines is 1. The Balaban J connectivity index is 3.15. The van der Waals surface area contributed by atoms with E-state index in [1.807, 2.05) is 0 Å². The van der Waals surface area contributed by atoms with Crippen molar-refractivity contribution in [2.24, 2.45) is 5.73 Å². The number of primary amides is 1. The number of benzene rings is 1. The third-order valence-corrected chi connectivity index (χ3v) is 4.40. The monoisotopic (exact) mass is 422 g/mol.